The van der Waals surface area contributed by atoms with E-state index in [1.807, 2.05) is 13.8 Å². The molecular formula is C8H14O2. The Balaban J connectivity index is 2.07. The standard InChI is InChI=1S/C8H14O2/c1-8(2)9-6-4-3-5-7(6)10-8/h6-7H,3-5H2,1-2H3/t6-,7-/m1/s1. The Morgan fingerprint density at radius 3 is 2.10 bits per heavy atom. The van der Waals surface area contributed by atoms with Crippen LogP contribution in [0.3, 0.4) is 0 Å². The number of fused-ring (bicyclic) bond motifs is 1. The van der Waals surface area contributed by atoms with Gasteiger partial charge in [0.1, 0.15) is 0 Å². The Morgan fingerprint density at radius 1 is 1.10 bits per heavy atom. The monoisotopic (exact) mass is 142 g/mol. The normalized spacial score (nSPS) is 43.8. The van der Waals surface area contributed by atoms with Crippen LogP contribution < -0.4 is 0 Å². The predicted molar refractivity (Wildman–Crippen MR) is 37.7 cm³/mol. The number of rotatable bonds is 0. The molecule has 0 radical (unpaired) electrons. The lowest BCUT2D eigenvalue weighted by Gasteiger charge is -2.17. The van der Waals surface area contributed by atoms with Crippen molar-refractivity contribution in [2.24, 2.45) is 0 Å². The molecule has 0 N–H and O–H groups in total. The third-order valence-corrected chi connectivity index (χ3v) is 2.26. The van der Waals surface area contributed by atoms with Gasteiger partial charge in [0.15, 0.2) is 5.79 Å². The van der Waals surface area contributed by atoms with Crippen molar-refractivity contribution in [3.05, 3.63) is 0 Å². The first-order valence-electron chi connectivity index (χ1n) is 4.03. The molecule has 58 valence electrons. The second kappa shape index (κ2) is 1.95. The zero-order chi connectivity index (χ0) is 7.19. The minimum absolute atomic E-state index is 0.310. The van der Waals surface area contributed by atoms with Gasteiger partial charge in [-0.3, -0.25) is 0 Å². The zero-order valence-corrected chi connectivity index (χ0v) is 6.59. The van der Waals surface area contributed by atoms with E-state index in [0.717, 1.165) is 0 Å². The molecule has 0 amide bonds. The van der Waals surface area contributed by atoms with Crippen LogP contribution >= 0.6 is 0 Å². The molecule has 0 aromatic rings. The van der Waals surface area contributed by atoms with E-state index in [4.69, 9.17) is 9.47 Å². The molecule has 0 unspecified atom stereocenters. The second-order valence-corrected chi connectivity index (χ2v) is 3.64. The van der Waals surface area contributed by atoms with E-state index in [2.05, 4.69) is 0 Å². The van der Waals surface area contributed by atoms with Gasteiger partial charge in [-0.25, -0.2) is 0 Å². The third-order valence-electron chi connectivity index (χ3n) is 2.26. The molecule has 0 spiro atoms. The molecular weight excluding hydrogens is 128 g/mol. The maximum Gasteiger partial charge on any atom is 0.163 e. The van der Waals surface area contributed by atoms with Gasteiger partial charge >= 0.3 is 0 Å². The molecule has 1 heterocycles. The van der Waals surface area contributed by atoms with Gasteiger partial charge in [0.05, 0.1) is 12.2 Å². The van der Waals surface area contributed by atoms with Crippen LogP contribution in [0.1, 0.15) is 33.1 Å². The highest BCUT2D eigenvalue weighted by Crippen LogP contribution is 2.37. The van der Waals surface area contributed by atoms with Crippen molar-refractivity contribution >= 4 is 0 Å². The molecule has 0 aromatic heterocycles. The van der Waals surface area contributed by atoms with Gasteiger partial charge in [-0.1, -0.05) is 0 Å². The Bertz CT molecular complexity index is 128. The molecule has 2 rings (SSSR count). The summed E-state index contributed by atoms with van der Waals surface area (Å²) in [5, 5.41) is 0. The minimum atomic E-state index is -0.310. The molecule has 10 heavy (non-hydrogen) atoms. The number of hydrogen-bond donors (Lipinski definition) is 0. The Hall–Kier alpha value is -0.0800. The van der Waals surface area contributed by atoms with E-state index in [1.165, 1.54) is 19.3 Å². The summed E-state index contributed by atoms with van der Waals surface area (Å²) < 4.78 is 11.3. The summed E-state index contributed by atoms with van der Waals surface area (Å²) in [7, 11) is 0. The summed E-state index contributed by atoms with van der Waals surface area (Å²) in [6.07, 6.45) is 4.44. The number of hydrogen-bond acceptors (Lipinski definition) is 2. The molecule has 0 aromatic carbocycles. The summed E-state index contributed by atoms with van der Waals surface area (Å²) in [5.41, 5.74) is 0. The van der Waals surface area contributed by atoms with Gasteiger partial charge in [-0.15, -0.1) is 0 Å². The first-order valence-corrected chi connectivity index (χ1v) is 4.03. The lowest BCUT2D eigenvalue weighted by atomic mass is 10.3. The van der Waals surface area contributed by atoms with Crippen molar-refractivity contribution in [1.29, 1.82) is 0 Å². The van der Waals surface area contributed by atoms with E-state index in [1.54, 1.807) is 0 Å². The molecule has 2 aliphatic rings. The van der Waals surface area contributed by atoms with Crippen molar-refractivity contribution < 1.29 is 9.47 Å². The fraction of sp³-hybridized carbons (Fsp3) is 1.00. The molecule has 1 aliphatic heterocycles. The first kappa shape index (κ1) is 6.62. The summed E-state index contributed by atoms with van der Waals surface area (Å²) in [5.74, 6) is -0.310. The molecule has 1 saturated heterocycles. The van der Waals surface area contributed by atoms with Gasteiger partial charge in [-0.2, -0.15) is 0 Å². The van der Waals surface area contributed by atoms with Gasteiger partial charge in [-0.05, 0) is 33.1 Å². The van der Waals surface area contributed by atoms with Gasteiger partial charge in [0.2, 0.25) is 0 Å². The van der Waals surface area contributed by atoms with Crippen molar-refractivity contribution in [2.45, 2.75) is 51.1 Å². The first-order chi connectivity index (χ1) is 4.67. The van der Waals surface area contributed by atoms with Crippen LogP contribution in [0, 0.1) is 0 Å². The average molecular weight is 142 g/mol. The lowest BCUT2D eigenvalue weighted by Crippen LogP contribution is -2.21. The fourth-order valence-electron chi connectivity index (χ4n) is 1.92. The van der Waals surface area contributed by atoms with Crippen LogP contribution in [0.5, 0.6) is 0 Å². The third kappa shape index (κ3) is 0.956. The van der Waals surface area contributed by atoms with Gasteiger partial charge < -0.3 is 9.47 Å². The highest BCUT2D eigenvalue weighted by atomic mass is 16.8. The molecule has 1 aliphatic carbocycles. The quantitative estimate of drug-likeness (QED) is 0.512. The molecule has 2 fully saturated rings. The highest BCUT2D eigenvalue weighted by molar-refractivity contribution is 4.86. The Labute approximate surface area is 61.5 Å². The van der Waals surface area contributed by atoms with Crippen LogP contribution in [0.15, 0.2) is 0 Å². The maximum atomic E-state index is 5.65. The number of ether oxygens (including phenoxy) is 2. The molecule has 2 nitrogen and oxygen atoms in total. The maximum absolute atomic E-state index is 5.65. The largest absolute Gasteiger partial charge is 0.345 e. The van der Waals surface area contributed by atoms with E-state index < -0.39 is 0 Å². The summed E-state index contributed by atoms with van der Waals surface area (Å²) >= 11 is 0. The van der Waals surface area contributed by atoms with E-state index in [-0.39, 0.29) is 5.79 Å². The summed E-state index contributed by atoms with van der Waals surface area (Å²) in [4.78, 5) is 0. The summed E-state index contributed by atoms with van der Waals surface area (Å²) in [6, 6.07) is 0. The SMILES string of the molecule is CC1(C)O[C@@H]2CCC[C@H]2O1. The topological polar surface area (TPSA) is 18.5 Å². The lowest BCUT2D eigenvalue weighted by molar-refractivity contribution is -0.151. The van der Waals surface area contributed by atoms with Crippen LogP contribution in [0.25, 0.3) is 0 Å². The molecule has 2 atom stereocenters. The van der Waals surface area contributed by atoms with Gasteiger partial charge in [0, 0.05) is 0 Å². The van der Waals surface area contributed by atoms with E-state index in [0.29, 0.717) is 12.2 Å². The molecule has 2 heteroatoms. The van der Waals surface area contributed by atoms with E-state index >= 15 is 0 Å². The van der Waals surface area contributed by atoms with Crippen molar-refractivity contribution in [1.82, 2.24) is 0 Å². The van der Waals surface area contributed by atoms with Crippen LogP contribution in [-0.4, -0.2) is 18.0 Å². The highest BCUT2D eigenvalue weighted by Gasteiger charge is 2.43. The fourth-order valence-corrected chi connectivity index (χ4v) is 1.92. The predicted octanol–water partition coefficient (Wildman–Crippen LogP) is 1.69. The molecule has 1 saturated carbocycles. The Morgan fingerprint density at radius 2 is 1.60 bits per heavy atom. The van der Waals surface area contributed by atoms with Crippen LogP contribution in [0.4, 0.5) is 0 Å². The average Bonchev–Trinajstić information content (AvgIpc) is 2.20. The van der Waals surface area contributed by atoms with Crippen molar-refractivity contribution in [2.75, 3.05) is 0 Å². The minimum Gasteiger partial charge on any atom is -0.345 e. The zero-order valence-electron chi connectivity index (χ0n) is 6.59. The Kier molecular flexibility index (Phi) is 1.29. The second-order valence-electron chi connectivity index (χ2n) is 3.64. The van der Waals surface area contributed by atoms with Crippen molar-refractivity contribution in [3.63, 3.8) is 0 Å². The van der Waals surface area contributed by atoms with Crippen LogP contribution in [-0.2, 0) is 9.47 Å². The summed E-state index contributed by atoms with van der Waals surface area (Å²) in [6.45, 7) is 3.98. The van der Waals surface area contributed by atoms with Crippen molar-refractivity contribution in [3.8, 4) is 0 Å². The van der Waals surface area contributed by atoms with E-state index in [9.17, 15) is 0 Å². The molecule has 0 bridgehead atoms. The van der Waals surface area contributed by atoms with Gasteiger partial charge in [0.25, 0.3) is 0 Å². The smallest absolute Gasteiger partial charge is 0.163 e. The van der Waals surface area contributed by atoms with Crippen LogP contribution in [0.2, 0.25) is 0 Å².